The van der Waals surface area contributed by atoms with Gasteiger partial charge in [0.25, 0.3) is 0 Å². The van der Waals surface area contributed by atoms with Gasteiger partial charge in [0.1, 0.15) is 5.01 Å². The number of benzene rings is 3. The van der Waals surface area contributed by atoms with Crippen LogP contribution in [0.5, 0.6) is 11.5 Å². The molecular formula is C23H17N3O4S. The molecule has 2 N–H and O–H groups in total. The highest BCUT2D eigenvalue weighted by molar-refractivity contribution is 7.21. The summed E-state index contributed by atoms with van der Waals surface area (Å²) in [4.78, 5) is 29.2. The van der Waals surface area contributed by atoms with Gasteiger partial charge >= 0.3 is 11.8 Å². The second-order valence-electron chi connectivity index (χ2n) is 7.04. The van der Waals surface area contributed by atoms with Crippen molar-refractivity contribution in [2.24, 2.45) is 0 Å². The lowest BCUT2D eigenvalue weighted by molar-refractivity contribution is -0.132. The number of nitrogens with one attached hydrogen (secondary N) is 2. The normalized spacial score (nSPS) is 12.0. The fourth-order valence-corrected chi connectivity index (χ4v) is 4.27. The topological polar surface area (TPSA) is 89.6 Å². The molecule has 0 bridgehead atoms. The smallest absolute Gasteiger partial charge is 0.314 e. The first-order valence-electron chi connectivity index (χ1n) is 9.55. The molecule has 0 spiro atoms. The summed E-state index contributed by atoms with van der Waals surface area (Å²) in [6, 6.07) is 18.3. The van der Waals surface area contributed by atoms with Crippen LogP contribution in [0.2, 0.25) is 0 Å². The van der Waals surface area contributed by atoms with E-state index in [2.05, 4.69) is 28.6 Å². The van der Waals surface area contributed by atoms with Crippen molar-refractivity contribution in [2.45, 2.75) is 6.92 Å². The van der Waals surface area contributed by atoms with Gasteiger partial charge in [-0.05, 0) is 61.0 Å². The maximum atomic E-state index is 12.3. The van der Waals surface area contributed by atoms with Crippen molar-refractivity contribution in [2.75, 3.05) is 17.4 Å². The third-order valence-electron chi connectivity index (χ3n) is 4.77. The molecule has 0 saturated carbocycles. The van der Waals surface area contributed by atoms with Crippen molar-refractivity contribution in [1.82, 2.24) is 4.98 Å². The van der Waals surface area contributed by atoms with Gasteiger partial charge in [0.15, 0.2) is 11.5 Å². The van der Waals surface area contributed by atoms with Gasteiger partial charge in [-0.3, -0.25) is 9.59 Å². The summed E-state index contributed by atoms with van der Waals surface area (Å²) in [6.45, 7) is 2.19. The van der Waals surface area contributed by atoms with E-state index in [1.807, 2.05) is 24.3 Å². The highest BCUT2D eigenvalue weighted by atomic mass is 32.1. The van der Waals surface area contributed by atoms with Gasteiger partial charge in [0.05, 0.1) is 10.2 Å². The molecule has 0 saturated heterocycles. The van der Waals surface area contributed by atoms with Crippen LogP contribution < -0.4 is 20.1 Å². The zero-order valence-corrected chi connectivity index (χ0v) is 17.3. The molecule has 5 rings (SSSR count). The molecule has 8 heteroatoms. The summed E-state index contributed by atoms with van der Waals surface area (Å²) in [5.74, 6) is -0.407. The lowest BCUT2D eigenvalue weighted by Crippen LogP contribution is -2.29. The Morgan fingerprint density at radius 1 is 0.871 bits per heavy atom. The average molecular weight is 431 g/mol. The minimum Gasteiger partial charge on any atom is -0.454 e. The number of thiazole rings is 1. The number of amides is 2. The molecule has 1 aromatic heterocycles. The van der Waals surface area contributed by atoms with Crippen LogP contribution in [-0.2, 0) is 9.59 Å². The average Bonchev–Trinajstić information content (AvgIpc) is 3.40. The van der Waals surface area contributed by atoms with Gasteiger partial charge in [-0.1, -0.05) is 6.07 Å². The lowest BCUT2D eigenvalue weighted by atomic mass is 10.2. The molecule has 2 heterocycles. The molecule has 0 atom stereocenters. The Morgan fingerprint density at radius 3 is 2.39 bits per heavy atom. The predicted octanol–water partition coefficient (Wildman–Crippen LogP) is 4.58. The Bertz CT molecular complexity index is 1310. The van der Waals surface area contributed by atoms with Gasteiger partial charge in [0, 0.05) is 23.0 Å². The Labute approximate surface area is 181 Å². The first kappa shape index (κ1) is 19.1. The summed E-state index contributed by atoms with van der Waals surface area (Å²) < 4.78 is 11.6. The molecule has 1 aliphatic rings. The molecule has 2 amide bonds. The van der Waals surface area contributed by atoms with Crippen LogP contribution in [-0.4, -0.2) is 23.6 Å². The van der Waals surface area contributed by atoms with Crippen molar-refractivity contribution < 1.29 is 19.1 Å². The fraction of sp³-hybridized carbons (Fsp3) is 0.0870. The summed E-state index contributed by atoms with van der Waals surface area (Å²) in [6.07, 6.45) is 0. The summed E-state index contributed by atoms with van der Waals surface area (Å²) in [5, 5.41) is 6.06. The van der Waals surface area contributed by atoms with Crippen molar-refractivity contribution in [3.05, 3.63) is 66.2 Å². The number of aromatic nitrogens is 1. The monoisotopic (exact) mass is 431 g/mol. The second-order valence-corrected chi connectivity index (χ2v) is 8.07. The fourth-order valence-electron chi connectivity index (χ4n) is 3.20. The molecule has 7 nitrogen and oxygen atoms in total. The number of hydrogen-bond donors (Lipinski definition) is 2. The Kier molecular flexibility index (Phi) is 4.76. The van der Waals surface area contributed by atoms with Gasteiger partial charge in [-0.2, -0.15) is 0 Å². The van der Waals surface area contributed by atoms with Crippen LogP contribution in [0.1, 0.15) is 5.56 Å². The van der Waals surface area contributed by atoms with Crippen molar-refractivity contribution in [3.63, 3.8) is 0 Å². The van der Waals surface area contributed by atoms with E-state index in [1.165, 1.54) is 5.56 Å². The minimum atomic E-state index is -0.774. The number of hydrogen-bond acceptors (Lipinski definition) is 6. The highest BCUT2D eigenvalue weighted by Gasteiger charge is 2.18. The number of fused-ring (bicyclic) bond motifs is 2. The van der Waals surface area contributed by atoms with E-state index < -0.39 is 11.8 Å². The van der Waals surface area contributed by atoms with E-state index in [9.17, 15) is 9.59 Å². The zero-order valence-electron chi connectivity index (χ0n) is 16.5. The quantitative estimate of drug-likeness (QED) is 0.464. The van der Waals surface area contributed by atoms with Gasteiger partial charge in [-0.25, -0.2) is 4.98 Å². The molecule has 154 valence electrons. The maximum Gasteiger partial charge on any atom is 0.314 e. The molecule has 4 aromatic rings. The molecule has 0 fully saturated rings. The third kappa shape index (κ3) is 3.93. The van der Waals surface area contributed by atoms with E-state index in [-0.39, 0.29) is 6.79 Å². The van der Waals surface area contributed by atoms with Gasteiger partial charge < -0.3 is 20.1 Å². The molecular weight excluding hydrogens is 414 g/mol. The number of ether oxygens (including phenoxy) is 2. The second kappa shape index (κ2) is 7.73. The molecule has 1 aliphatic heterocycles. The Morgan fingerprint density at radius 2 is 1.58 bits per heavy atom. The number of carbonyl (C=O) groups is 2. The van der Waals surface area contributed by atoms with Crippen molar-refractivity contribution in [3.8, 4) is 22.1 Å². The molecule has 0 aliphatic carbocycles. The summed E-state index contributed by atoms with van der Waals surface area (Å²) in [7, 11) is 0. The number of carbonyl (C=O) groups excluding carboxylic acids is 2. The van der Waals surface area contributed by atoms with Crippen LogP contribution >= 0.6 is 11.3 Å². The summed E-state index contributed by atoms with van der Waals surface area (Å²) >= 11 is 1.62. The number of nitrogens with zero attached hydrogens (tertiary/aromatic N) is 1. The molecule has 3 aromatic carbocycles. The van der Waals surface area contributed by atoms with Gasteiger partial charge in [-0.15, -0.1) is 11.3 Å². The van der Waals surface area contributed by atoms with Crippen LogP contribution in [0.4, 0.5) is 11.4 Å². The number of aryl methyl sites for hydroxylation is 1. The number of rotatable bonds is 3. The van der Waals surface area contributed by atoms with E-state index in [1.54, 1.807) is 41.7 Å². The molecule has 0 unspecified atom stereocenters. The van der Waals surface area contributed by atoms with E-state index in [0.717, 1.165) is 20.8 Å². The largest absolute Gasteiger partial charge is 0.454 e. The van der Waals surface area contributed by atoms with E-state index in [4.69, 9.17) is 9.47 Å². The van der Waals surface area contributed by atoms with Crippen LogP contribution in [0.15, 0.2) is 60.7 Å². The first-order chi connectivity index (χ1) is 15.0. The summed E-state index contributed by atoms with van der Waals surface area (Å²) in [5.41, 5.74) is 4.07. The SMILES string of the molecule is Cc1ccc2nc(-c3ccc(NC(=O)C(=O)Nc4ccc5c(c4)OCO5)cc3)sc2c1. The standard InChI is InChI=1S/C23H17N3O4S/c1-13-2-8-17-20(10-13)31-23(26-17)14-3-5-15(6-4-14)24-21(27)22(28)25-16-7-9-18-19(11-16)30-12-29-18/h2-11H,12H2,1H3,(H,24,27)(H,25,28). The zero-order chi connectivity index (χ0) is 21.4. The first-order valence-corrected chi connectivity index (χ1v) is 10.4. The van der Waals surface area contributed by atoms with E-state index >= 15 is 0 Å². The lowest BCUT2D eigenvalue weighted by Gasteiger charge is -2.07. The molecule has 31 heavy (non-hydrogen) atoms. The third-order valence-corrected chi connectivity index (χ3v) is 5.84. The Hall–Kier alpha value is -3.91. The highest BCUT2D eigenvalue weighted by Crippen LogP contribution is 2.34. The van der Waals surface area contributed by atoms with Gasteiger partial charge in [0.2, 0.25) is 6.79 Å². The minimum absolute atomic E-state index is 0.139. The van der Waals surface area contributed by atoms with Crippen molar-refractivity contribution >= 4 is 44.7 Å². The molecule has 0 radical (unpaired) electrons. The van der Waals surface area contributed by atoms with Crippen molar-refractivity contribution in [1.29, 1.82) is 0 Å². The number of anilines is 2. The van der Waals surface area contributed by atoms with Crippen LogP contribution in [0.25, 0.3) is 20.8 Å². The van der Waals surface area contributed by atoms with Crippen LogP contribution in [0.3, 0.4) is 0 Å². The van der Waals surface area contributed by atoms with Crippen LogP contribution in [0, 0.1) is 6.92 Å². The predicted molar refractivity (Wildman–Crippen MR) is 120 cm³/mol. The maximum absolute atomic E-state index is 12.3. The Balaban J connectivity index is 1.25. The van der Waals surface area contributed by atoms with E-state index in [0.29, 0.717) is 22.9 Å².